The second-order valence-corrected chi connectivity index (χ2v) is 6.21. The van der Waals surface area contributed by atoms with Gasteiger partial charge >= 0.3 is 0 Å². The van der Waals surface area contributed by atoms with E-state index >= 15 is 0 Å². The molecular weight excluding hydrogens is 319 g/mol. The van der Waals surface area contributed by atoms with Crippen LogP contribution in [0, 0.1) is 0 Å². The molecule has 80 valence electrons. The highest BCUT2D eigenvalue weighted by atomic mass is 127. The van der Waals surface area contributed by atoms with Gasteiger partial charge in [0.25, 0.3) is 0 Å². The smallest absolute Gasteiger partial charge is 0.0909 e. The zero-order valence-corrected chi connectivity index (χ0v) is 11.7. The molecule has 1 N–H and O–H groups in total. The standard InChI is InChI=1S/C12H13IOS/c1-12(2,14)11-10(13)9-6-4-3-5-8(9)7-15-11/h3-6,14H,7H2,1-2H3. The van der Waals surface area contributed by atoms with Crippen LogP contribution in [0.15, 0.2) is 29.2 Å². The first-order valence-electron chi connectivity index (χ1n) is 4.84. The van der Waals surface area contributed by atoms with E-state index in [1.807, 2.05) is 13.8 Å². The van der Waals surface area contributed by atoms with Crippen molar-refractivity contribution in [1.29, 1.82) is 0 Å². The fourth-order valence-corrected chi connectivity index (χ4v) is 4.44. The molecule has 0 amide bonds. The van der Waals surface area contributed by atoms with Crippen LogP contribution in [0.25, 0.3) is 3.58 Å². The van der Waals surface area contributed by atoms with Crippen LogP contribution in [-0.4, -0.2) is 10.7 Å². The SMILES string of the molecule is CC(C)(O)C1=C(I)c2ccccc2CS1. The molecule has 0 atom stereocenters. The summed E-state index contributed by atoms with van der Waals surface area (Å²) in [6, 6.07) is 8.40. The lowest BCUT2D eigenvalue weighted by atomic mass is 10.0. The highest BCUT2D eigenvalue weighted by Gasteiger charge is 2.27. The van der Waals surface area contributed by atoms with Crippen LogP contribution in [0.1, 0.15) is 25.0 Å². The number of hydrogen-bond donors (Lipinski definition) is 1. The Morgan fingerprint density at radius 3 is 2.67 bits per heavy atom. The van der Waals surface area contributed by atoms with Crippen LogP contribution in [0.4, 0.5) is 0 Å². The number of benzene rings is 1. The first-order valence-corrected chi connectivity index (χ1v) is 6.90. The first-order chi connectivity index (χ1) is 7.00. The van der Waals surface area contributed by atoms with Crippen LogP contribution < -0.4 is 0 Å². The Balaban J connectivity index is 2.54. The highest BCUT2D eigenvalue weighted by molar-refractivity contribution is 14.1. The lowest BCUT2D eigenvalue weighted by molar-refractivity contribution is 0.130. The summed E-state index contributed by atoms with van der Waals surface area (Å²) in [6.45, 7) is 3.70. The molecule has 1 heterocycles. The van der Waals surface area contributed by atoms with Gasteiger partial charge in [-0.3, -0.25) is 0 Å². The molecule has 0 saturated heterocycles. The number of halogens is 1. The molecule has 1 aromatic rings. The number of thioether (sulfide) groups is 1. The third-order valence-corrected chi connectivity index (χ3v) is 5.32. The van der Waals surface area contributed by atoms with E-state index in [-0.39, 0.29) is 0 Å². The second kappa shape index (κ2) is 4.11. The van der Waals surface area contributed by atoms with Gasteiger partial charge in [0.2, 0.25) is 0 Å². The molecule has 1 aliphatic heterocycles. The fourth-order valence-electron chi connectivity index (χ4n) is 1.64. The van der Waals surface area contributed by atoms with Crippen molar-refractivity contribution >= 4 is 37.9 Å². The molecule has 0 fully saturated rings. The topological polar surface area (TPSA) is 20.2 Å². The van der Waals surface area contributed by atoms with Gasteiger partial charge in [-0.25, -0.2) is 0 Å². The minimum atomic E-state index is -0.727. The van der Waals surface area contributed by atoms with Crippen molar-refractivity contribution in [3.8, 4) is 0 Å². The molecule has 0 saturated carbocycles. The van der Waals surface area contributed by atoms with Crippen molar-refractivity contribution < 1.29 is 5.11 Å². The van der Waals surface area contributed by atoms with Crippen LogP contribution in [0.2, 0.25) is 0 Å². The summed E-state index contributed by atoms with van der Waals surface area (Å²) in [7, 11) is 0. The van der Waals surface area contributed by atoms with E-state index in [0.717, 1.165) is 10.7 Å². The van der Waals surface area contributed by atoms with Gasteiger partial charge in [0.05, 0.1) is 5.60 Å². The molecule has 0 radical (unpaired) electrons. The monoisotopic (exact) mass is 332 g/mol. The molecule has 0 bridgehead atoms. The molecule has 2 rings (SSSR count). The number of hydrogen-bond acceptors (Lipinski definition) is 2. The average Bonchev–Trinajstić information content (AvgIpc) is 2.16. The maximum atomic E-state index is 10.1. The van der Waals surface area contributed by atoms with E-state index in [1.165, 1.54) is 14.7 Å². The van der Waals surface area contributed by atoms with Gasteiger partial charge in [-0.1, -0.05) is 24.3 Å². The second-order valence-electron chi connectivity index (χ2n) is 4.15. The lowest BCUT2D eigenvalue weighted by Crippen LogP contribution is -2.22. The van der Waals surface area contributed by atoms with E-state index in [1.54, 1.807) is 11.8 Å². The Hall–Kier alpha value is -0.000000000000000111. The Kier molecular flexibility index (Phi) is 3.14. The van der Waals surface area contributed by atoms with Crippen molar-refractivity contribution in [3.63, 3.8) is 0 Å². The number of aliphatic hydroxyl groups is 1. The molecule has 1 aromatic carbocycles. The number of fused-ring (bicyclic) bond motifs is 1. The third-order valence-electron chi connectivity index (χ3n) is 2.38. The van der Waals surface area contributed by atoms with Crippen LogP contribution in [-0.2, 0) is 5.75 Å². The van der Waals surface area contributed by atoms with Gasteiger partial charge in [0.1, 0.15) is 0 Å². The van der Waals surface area contributed by atoms with E-state index in [9.17, 15) is 5.11 Å². The minimum Gasteiger partial charge on any atom is -0.385 e. The van der Waals surface area contributed by atoms with Crippen molar-refractivity contribution in [2.45, 2.75) is 25.2 Å². The zero-order valence-electron chi connectivity index (χ0n) is 8.75. The molecule has 1 nitrogen and oxygen atoms in total. The minimum absolute atomic E-state index is 0.727. The summed E-state index contributed by atoms with van der Waals surface area (Å²) in [5.74, 6) is 0.960. The normalized spacial score (nSPS) is 16.5. The highest BCUT2D eigenvalue weighted by Crippen LogP contribution is 2.45. The molecule has 3 heteroatoms. The van der Waals surface area contributed by atoms with Crippen molar-refractivity contribution in [3.05, 3.63) is 40.3 Å². The Morgan fingerprint density at radius 1 is 1.33 bits per heavy atom. The van der Waals surface area contributed by atoms with Crippen LogP contribution in [0.3, 0.4) is 0 Å². The van der Waals surface area contributed by atoms with Gasteiger partial charge in [0, 0.05) is 14.2 Å². The molecule has 0 unspecified atom stereocenters. The zero-order chi connectivity index (χ0) is 11.1. The molecule has 0 aromatic heterocycles. The summed E-state index contributed by atoms with van der Waals surface area (Å²) in [5.41, 5.74) is 1.91. The molecule has 15 heavy (non-hydrogen) atoms. The van der Waals surface area contributed by atoms with Gasteiger partial charge in [-0.2, -0.15) is 0 Å². The lowest BCUT2D eigenvalue weighted by Gasteiger charge is -2.27. The molecule has 0 spiro atoms. The molecule has 0 aliphatic carbocycles. The first kappa shape index (κ1) is 11.5. The van der Waals surface area contributed by atoms with Gasteiger partial charge in [0.15, 0.2) is 0 Å². The summed E-state index contributed by atoms with van der Waals surface area (Å²) >= 11 is 4.08. The van der Waals surface area contributed by atoms with E-state index < -0.39 is 5.60 Å². The fraction of sp³-hybridized carbons (Fsp3) is 0.333. The predicted molar refractivity (Wildman–Crippen MR) is 75.0 cm³/mol. The van der Waals surface area contributed by atoms with E-state index in [4.69, 9.17) is 0 Å². The largest absolute Gasteiger partial charge is 0.385 e. The molecular formula is C12H13IOS. The van der Waals surface area contributed by atoms with Gasteiger partial charge < -0.3 is 5.11 Å². The quantitative estimate of drug-likeness (QED) is 0.790. The van der Waals surface area contributed by atoms with Gasteiger partial charge in [-0.05, 0) is 47.6 Å². The number of rotatable bonds is 1. The maximum Gasteiger partial charge on any atom is 0.0909 e. The maximum absolute atomic E-state index is 10.1. The summed E-state index contributed by atoms with van der Waals surface area (Å²) in [6.07, 6.45) is 0. The van der Waals surface area contributed by atoms with Crippen molar-refractivity contribution in [2.24, 2.45) is 0 Å². The molecule has 1 aliphatic rings. The van der Waals surface area contributed by atoms with E-state index in [2.05, 4.69) is 46.9 Å². The van der Waals surface area contributed by atoms with E-state index in [0.29, 0.717) is 0 Å². The Labute approximate surface area is 108 Å². The summed E-state index contributed by atoms with van der Waals surface area (Å²) < 4.78 is 1.19. The van der Waals surface area contributed by atoms with Crippen molar-refractivity contribution in [2.75, 3.05) is 0 Å². The third kappa shape index (κ3) is 2.24. The van der Waals surface area contributed by atoms with Gasteiger partial charge in [-0.15, -0.1) is 11.8 Å². The van der Waals surface area contributed by atoms with Crippen LogP contribution >= 0.6 is 34.4 Å². The predicted octanol–water partition coefficient (Wildman–Crippen LogP) is 3.81. The summed E-state index contributed by atoms with van der Waals surface area (Å²) in [4.78, 5) is 1.08. The van der Waals surface area contributed by atoms with Crippen molar-refractivity contribution in [1.82, 2.24) is 0 Å². The average molecular weight is 332 g/mol. The Bertz CT molecular complexity index is 418. The summed E-state index contributed by atoms with van der Waals surface area (Å²) in [5, 5.41) is 10.1. The van der Waals surface area contributed by atoms with Crippen LogP contribution in [0.5, 0.6) is 0 Å². The Morgan fingerprint density at radius 2 is 2.00 bits per heavy atom.